The van der Waals surface area contributed by atoms with Crippen molar-refractivity contribution in [1.82, 2.24) is 0 Å². The summed E-state index contributed by atoms with van der Waals surface area (Å²) in [7, 11) is 0. The molecule has 0 spiro atoms. The highest BCUT2D eigenvalue weighted by Crippen LogP contribution is 2.26. The molecule has 3 heterocycles. The summed E-state index contributed by atoms with van der Waals surface area (Å²) in [5, 5.41) is 0. The molecular formula is C21H21N5OS+2. The molecule has 2 aromatic heterocycles. The first-order valence-corrected chi connectivity index (χ1v) is 9.78. The Morgan fingerprint density at radius 2 is 1.89 bits per heavy atom. The van der Waals surface area contributed by atoms with Crippen molar-refractivity contribution in [3.63, 3.8) is 0 Å². The number of nitrogens with zero attached hydrogens (tertiary/aromatic N) is 4. The number of primary amides is 1. The fraction of sp³-hybridized carbons (Fsp3) is 0.190. The largest absolute Gasteiger partial charge is 0.364 e. The van der Waals surface area contributed by atoms with Crippen molar-refractivity contribution in [2.45, 2.75) is 27.3 Å². The summed E-state index contributed by atoms with van der Waals surface area (Å²) in [5.74, 6) is 1.10. The lowest BCUT2D eigenvalue weighted by atomic mass is 10.1. The van der Waals surface area contributed by atoms with Gasteiger partial charge < -0.3 is 5.73 Å². The van der Waals surface area contributed by atoms with E-state index < -0.39 is 5.91 Å². The zero-order valence-corrected chi connectivity index (χ0v) is 16.8. The van der Waals surface area contributed by atoms with Crippen molar-refractivity contribution in [1.29, 1.82) is 0 Å². The second kappa shape index (κ2) is 7.09. The molecule has 6 nitrogen and oxygen atoms in total. The van der Waals surface area contributed by atoms with Crippen molar-refractivity contribution in [3.8, 4) is 0 Å². The number of carbonyl (C=O) groups excluding carboxylic acids is 1. The van der Waals surface area contributed by atoms with Gasteiger partial charge in [0, 0.05) is 4.88 Å². The van der Waals surface area contributed by atoms with Crippen LogP contribution >= 0.6 is 11.3 Å². The van der Waals surface area contributed by atoms with Crippen LogP contribution in [0.1, 0.15) is 20.9 Å². The molecule has 1 aromatic carbocycles. The number of hydrogen-bond donors (Lipinski definition) is 1. The smallest absolute Gasteiger partial charge is 0.333 e. The normalized spacial score (nSPS) is 14.2. The van der Waals surface area contributed by atoms with E-state index in [1.165, 1.54) is 4.88 Å². The van der Waals surface area contributed by atoms with Crippen LogP contribution in [-0.2, 0) is 11.3 Å². The molecule has 0 saturated heterocycles. The van der Waals surface area contributed by atoms with Gasteiger partial charge in [0.15, 0.2) is 0 Å². The Kier molecular flexibility index (Phi) is 4.60. The van der Waals surface area contributed by atoms with Gasteiger partial charge in [-0.2, -0.15) is 9.13 Å². The van der Waals surface area contributed by atoms with Gasteiger partial charge in [0.25, 0.3) is 5.91 Å². The maximum absolute atomic E-state index is 11.3. The summed E-state index contributed by atoms with van der Waals surface area (Å²) in [4.78, 5) is 23.4. The Labute approximate surface area is 167 Å². The molecule has 28 heavy (non-hydrogen) atoms. The Hall–Kier alpha value is -3.19. The number of nitrogens with two attached hydrogens (primary N) is 1. The minimum Gasteiger partial charge on any atom is -0.364 e. The molecule has 0 saturated carbocycles. The fourth-order valence-electron chi connectivity index (χ4n) is 3.22. The molecule has 0 bridgehead atoms. The number of fused-ring (bicyclic) bond motifs is 1. The van der Waals surface area contributed by atoms with Crippen molar-refractivity contribution >= 4 is 40.3 Å². The van der Waals surface area contributed by atoms with Crippen molar-refractivity contribution in [3.05, 3.63) is 69.8 Å². The Bertz CT molecular complexity index is 1140. The van der Waals surface area contributed by atoms with Crippen molar-refractivity contribution in [2.75, 3.05) is 0 Å². The summed E-state index contributed by atoms with van der Waals surface area (Å²) in [5.41, 5.74) is 9.34. The fourth-order valence-corrected chi connectivity index (χ4v) is 4.08. The molecule has 7 heteroatoms. The molecule has 0 atom stereocenters. The van der Waals surface area contributed by atoms with Crippen LogP contribution in [0.25, 0.3) is 0 Å². The summed E-state index contributed by atoms with van der Waals surface area (Å²) < 4.78 is 3.69. The van der Waals surface area contributed by atoms with Gasteiger partial charge in [-0.15, -0.1) is 11.3 Å². The van der Waals surface area contributed by atoms with E-state index in [1.54, 1.807) is 15.9 Å². The van der Waals surface area contributed by atoms with Crippen LogP contribution in [-0.4, -0.2) is 17.5 Å². The average Bonchev–Trinajstić information content (AvgIpc) is 3.21. The van der Waals surface area contributed by atoms with E-state index in [9.17, 15) is 4.79 Å². The second-order valence-corrected chi connectivity index (χ2v) is 8.13. The number of carbonyl (C=O) groups is 1. The summed E-state index contributed by atoms with van der Waals surface area (Å²) in [6.07, 6.45) is 5.51. The zero-order chi connectivity index (χ0) is 19.8. The van der Waals surface area contributed by atoms with E-state index >= 15 is 0 Å². The molecule has 1 aliphatic heterocycles. The van der Waals surface area contributed by atoms with E-state index in [4.69, 9.17) is 15.7 Å². The monoisotopic (exact) mass is 391 g/mol. The third kappa shape index (κ3) is 3.36. The predicted octanol–water partition coefficient (Wildman–Crippen LogP) is 2.45. The third-order valence-corrected chi connectivity index (χ3v) is 5.58. The van der Waals surface area contributed by atoms with Gasteiger partial charge >= 0.3 is 11.7 Å². The first-order chi connectivity index (χ1) is 13.4. The maximum atomic E-state index is 11.3. The lowest BCUT2D eigenvalue weighted by Crippen LogP contribution is -2.48. The van der Waals surface area contributed by atoms with Crippen LogP contribution in [0.15, 0.2) is 58.9 Å². The highest BCUT2D eigenvalue weighted by atomic mass is 32.1. The molecule has 2 N–H and O–H groups in total. The Morgan fingerprint density at radius 1 is 1.14 bits per heavy atom. The molecule has 0 radical (unpaired) electrons. The molecule has 0 aliphatic carbocycles. The highest BCUT2D eigenvalue weighted by molar-refractivity contribution is 7.15. The molecule has 4 rings (SSSR count). The Balaban J connectivity index is 1.89. The number of para-hydroxylation sites is 1. The van der Waals surface area contributed by atoms with Gasteiger partial charge in [-0.3, -0.25) is 4.79 Å². The lowest BCUT2D eigenvalue weighted by Gasteiger charge is -2.02. The summed E-state index contributed by atoms with van der Waals surface area (Å²) in [6, 6.07) is 10.3. The number of aryl methyl sites for hydroxylation is 3. The van der Waals surface area contributed by atoms with E-state index in [-0.39, 0.29) is 6.54 Å². The number of aromatic nitrogens is 2. The predicted molar refractivity (Wildman–Crippen MR) is 110 cm³/mol. The molecule has 140 valence electrons. The summed E-state index contributed by atoms with van der Waals surface area (Å²) >= 11 is 1.69. The van der Waals surface area contributed by atoms with E-state index in [1.807, 2.05) is 29.2 Å². The minimum absolute atomic E-state index is 0.111. The highest BCUT2D eigenvalue weighted by Gasteiger charge is 2.36. The van der Waals surface area contributed by atoms with Crippen LogP contribution in [0.5, 0.6) is 0 Å². The van der Waals surface area contributed by atoms with E-state index in [0.717, 1.165) is 39.1 Å². The van der Waals surface area contributed by atoms with Crippen molar-refractivity contribution < 1.29 is 13.9 Å². The van der Waals surface area contributed by atoms with E-state index in [0.29, 0.717) is 0 Å². The quantitative estimate of drug-likeness (QED) is 0.682. The molecule has 0 unspecified atom stereocenters. The maximum Gasteiger partial charge on any atom is 0.333 e. The van der Waals surface area contributed by atoms with Crippen LogP contribution in [0.2, 0.25) is 0 Å². The topological polar surface area (TPSA) is 75.6 Å². The number of aliphatic imine (C=N–C) groups is 2. The average molecular weight is 392 g/mol. The molecule has 0 fully saturated rings. The number of amides is 1. The molecular weight excluding hydrogens is 370 g/mol. The standard InChI is InChI=1S/C21H20N5OS/c1-13-5-4-6-14(2)19(13)24-21-20(16-8-7-15(3)28-16)23-18-12-25(11-17(22)27)9-10-26(18)21/h4-10,12H,11H2,1-3H3,(H-,22,27)/q+1/p+1. The van der Waals surface area contributed by atoms with Gasteiger partial charge in [-0.25, -0.2) is 0 Å². The van der Waals surface area contributed by atoms with Gasteiger partial charge in [0.05, 0.1) is 4.88 Å². The molecule has 1 aliphatic rings. The first-order valence-electron chi connectivity index (χ1n) is 8.96. The van der Waals surface area contributed by atoms with Gasteiger partial charge in [0.1, 0.15) is 11.9 Å². The minimum atomic E-state index is -0.393. The number of thiophene rings is 1. The number of hydrogen-bond acceptors (Lipinski definition) is 4. The third-order valence-electron chi connectivity index (χ3n) is 4.57. The second-order valence-electron chi connectivity index (χ2n) is 6.84. The number of benzene rings is 1. The van der Waals surface area contributed by atoms with Gasteiger partial charge in [-0.1, -0.05) is 28.2 Å². The molecule has 3 aromatic rings. The van der Waals surface area contributed by atoms with Crippen LogP contribution in [0.3, 0.4) is 0 Å². The van der Waals surface area contributed by atoms with Gasteiger partial charge in [-0.05, 0) is 44.0 Å². The van der Waals surface area contributed by atoms with E-state index in [2.05, 4.69) is 45.0 Å². The summed E-state index contributed by atoms with van der Waals surface area (Å²) in [6.45, 7) is 6.31. The first kappa shape index (κ1) is 18.2. The van der Waals surface area contributed by atoms with Crippen LogP contribution < -0.4 is 14.9 Å². The van der Waals surface area contributed by atoms with Gasteiger partial charge in [0.2, 0.25) is 24.7 Å². The Morgan fingerprint density at radius 3 is 2.54 bits per heavy atom. The van der Waals surface area contributed by atoms with Crippen LogP contribution in [0.4, 0.5) is 11.5 Å². The molecule has 1 amide bonds. The van der Waals surface area contributed by atoms with Crippen LogP contribution in [0, 0.1) is 20.8 Å². The van der Waals surface area contributed by atoms with Crippen molar-refractivity contribution in [2.24, 2.45) is 15.7 Å². The lowest BCUT2D eigenvalue weighted by molar-refractivity contribution is -0.701. The SMILES string of the molecule is Cc1ccc(C2=Nc3c[n+](CC(N)=O)cc[n+]3C2=Nc2c(C)cccc2C)s1. The zero-order valence-electron chi connectivity index (χ0n) is 16.0. The number of rotatable bonds is 4.